The molecule has 0 radical (unpaired) electrons. The fourth-order valence-electron chi connectivity index (χ4n) is 3.72. The number of ketones is 1. The Morgan fingerprint density at radius 3 is 2.60 bits per heavy atom. The van der Waals surface area contributed by atoms with E-state index in [9.17, 15) is 14.9 Å². The van der Waals surface area contributed by atoms with E-state index < -0.39 is 5.41 Å². The maximum absolute atomic E-state index is 12.7. The molecule has 1 amide bonds. The maximum atomic E-state index is 12.7. The molecule has 6 nitrogen and oxygen atoms in total. The lowest BCUT2D eigenvalue weighted by Crippen LogP contribution is -2.39. The Bertz CT molecular complexity index is 762. The van der Waals surface area contributed by atoms with Crippen molar-refractivity contribution < 1.29 is 9.59 Å². The van der Waals surface area contributed by atoms with Crippen LogP contribution in [-0.2, 0) is 11.8 Å². The highest BCUT2D eigenvalue weighted by atomic mass is 16.2. The van der Waals surface area contributed by atoms with Gasteiger partial charge in [-0.15, -0.1) is 0 Å². The van der Waals surface area contributed by atoms with Crippen LogP contribution < -0.4 is 0 Å². The first-order valence-electron chi connectivity index (χ1n) is 8.42. The number of hydrogen-bond donors (Lipinski definition) is 0. The number of aromatic nitrogens is 2. The fraction of sp³-hybridized carbons (Fsp3) is 0.579. The van der Waals surface area contributed by atoms with Gasteiger partial charge in [0.05, 0.1) is 11.8 Å². The van der Waals surface area contributed by atoms with E-state index in [0.29, 0.717) is 25.1 Å². The number of Topliss-reactive ketones (excluding diaryl/α,β-unsaturated/α-hetero) is 1. The van der Waals surface area contributed by atoms with Gasteiger partial charge >= 0.3 is 0 Å². The molecular weight excluding hydrogens is 316 g/mol. The number of hydrogen-bond acceptors (Lipinski definition) is 4. The summed E-state index contributed by atoms with van der Waals surface area (Å²) in [4.78, 5) is 26.6. The molecule has 25 heavy (non-hydrogen) atoms. The van der Waals surface area contributed by atoms with Gasteiger partial charge in [0.1, 0.15) is 11.8 Å². The lowest BCUT2D eigenvalue weighted by molar-refractivity contribution is -0.125. The first kappa shape index (κ1) is 18.9. The zero-order valence-electron chi connectivity index (χ0n) is 15.9. The van der Waals surface area contributed by atoms with Crippen molar-refractivity contribution in [3.05, 3.63) is 29.1 Å². The Kier molecular flexibility index (Phi) is 4.90. The Morgan fingerprint density at radius 1 is 1.44 bits per heavy atom. The Morgan fingerprint density at radius 2 is 2.08 bits per heavy atom. The molecule has 1 aliphatic rings. The molecule has 0 unspecified atom stereocenters. The Hall–Kier alpha value is -2.42. The quantitative estimate of drug-likeness (QED) is 0.842. The van der Waals surface area contributed by atoms with Crippen molar-refractivity contribution >= 4 is 11.7 Å². The molecule has 134 valence electrons. The number of carbonyl (C=O) groups excluding carboxylic acids is 2. The predicted molar refractivity (Wildman–Crippen MR) is 94.7 cm³/mol. The molecule has 1 heterocycles. The lowest BCUT2D eigenvalue weighted by Gasteiger charge is -2.39. The molecule has 1 atom stereocenters. The molecule has 1 aromatic heterocycles. The van der Waals surface area contributed by atoms with Crippen LogP contribution in [0.3, 0.4) is 0 Å². The molecule has 0 fully saturated rings. The van der Waals surface area contributed by atoms with Gasteiger partial charge < -0.3 is 4.90 Å². The predicted octanol–water partition coefficient (Wildman–Crippen LogP) is 2.65. The van der Waals surface area contributed by atoms with Crippen molar-refractivity contribution in [1.29, 1.82) is 5.26 Å². The highest BCUT2D eigenvalue weighted by Crippen LogP contribution is 2.44. The standard InChI is InChI=1S/C19H26N4O2/c1-13-11-21-23(6)15(13)17(25)22(5)8-7-19(4)9-14(10-20)16(24)18(2,3)12-19/h9,11H,7-8,12H2,1-6H3/t19-/m1/s1. The molecular formula is C19H26N4O2. The molecule has 0 spiro atoms. The van der Waals surface area contributed by atoms with E-state index in [-0.39, 0.29) is 22.7 Å². The second kappa shape index (κ2) is 6.47. The molecule has 6 heteroatoms. The summed E-state index contributed by atoms with van der Waals surface area (Å²) in [6.07, 6.45) is 4.82. The molecule has 1 aromatic rings. The van der Waals surface area contributed by atoms with E-state index >= 15 is 0 Å². The van der Waals surface area contributed by atoms with E-state index in [1.54, 1.807) is 35.9 Å². The highest BCUT2D eigenvalue weighted by molar-refractivity contribution is 6.03. The SMILES string of the molecule is Cc1cnn(C)c1C(=O)N(C)CC[C@]1(C)C=C(C#N)C(=O)C(C)(C)C1. The summed E-state index contributed by atoms with van der Waals surface area (Å²) in [5.41, 5.74) is 0.811. The summed E-state index contributed by atoms with van der Waals surface area (Å²) in [5, 5.41) is 13.4. The second-order valence-corrected chi connectivity index (χ2v) is 7.99. The van der Waals surface area contributed by atoms with Crippen LogP contribution in [0.1, 0.15) is 49.7 Å². The van der Waals surface area contributed by atoms with Crippen molar-refractivity contribution in [3.63, 3.8) is 0 Å². The van der Waals surface area contributed by atoms with E-state index in [4.69, 9.17) is 0 Å². The van der Waals surface area contributed by atoms with Crippen LogP contribution >= 0.6 is 0 Å². The minimum absolute atomic E-state index is 0.0725. The summed E-state index contributed by atoms with van der Waals surface area (Å²) in [5.74, 6) is -0.167. The largest absolute Gasteiger partial charge is 0.340 e. The average Bonchev–Trinajstić information content (AvgIpc) is 2.86. The van der Waals surface area contributed by atoms with Gasteiger partial charge in [0.2, 0.25) is 0 Å². The van der Waals surface area contributed by atoms with E-state index in [0.717, 1.165) is 5.56 Å². The monoisotopic (exact) mass is 342 g/mol. The topological polar surface area (TPSA) is 79.0 Å². The smallest absolute Gasteiger partial charge is 0.272 e. The summed E-state index contributed by atoms with van der Waals surface area (Å²) in [6.45, 7) is 8.22. The van der Waals surface area contributed by atoms with Gasteiger partial charge in [-0.25, -0.2) is 0 Å². The van der Waals surface area contributed by atoms with Crippen LogP contribution in [0.5, 0.6) is 0 Å². The van der Waals surface area contributed by atoms with Gasteiger partial charge in [-0.2, -0.15) is 10.4 Å². The van der Waals surface area contributed by atoms with Crippen molar-refractivity contribution in [1.82, 2.24) is 14.7 Å². The third-order valence-corrected chi connectivity index (χ3v) is 5.01. The third-order valence-electron chi connectivity index (χ3n) is 5.01. The molecule has 0 aromatic carbocycles. The number of aryl methyl sites for hydroxylation is 2. The van der Waals surface area contributed by atoms with Gasteiger partial charge in [0.15, 0.2) is 5.78 Å². The summed E-state index contributed by atoms with van der Waals surface area (Å²) >= 11 is 0. The lowest BCUT2D eigenvalue weighted by atomic mass is 9.64. The zero-order chi connectivity index (χ0) is 19.0. The van der Waals surface area contributed by atoms with Crippen molar-refractivity contribution in [3.8, 4) is 6.07 Å². The highest BCUT2D eigenvalue weighted by Gasteiger charge is 2.42. The molecule has 0 aliphatic heterocycles. The van der Waals surface area contributed by atoms with E-state index in [1.165, 1.54) is 0 Å². The molecule has 0 bridgehead atoms. The number of rotatable bonds is 4. The number of carbonyl (C=O) groups is 2. The molecule has 2 rings (SSSR count). The number of allylic oxidation sites excluding steroid dienone is 2. The van der Waals surface area contributed by atoms with E-state index in [1.807, 2.05) is 33.8 Å². The molecule has 1 aliphatic carbocycles. The Balaban J connectivity index is 2.15. The van der Waals surface area contributed by atoms with Gasteiger partial charge in [-0.1, -0.05) is 26.8 Å². The summed E-state index contributed by atoms with van der Waals surface area (Å²) < 4.78 is 1.59. The van der Waals surface area contributed by atoms with Crippen LogP contribution in [0, 0.1) is 29.1 Å². The summed E-state index contributed by atoms with van der Waals surface area (Å²) in [6, 6.07) is 2.03. The van der Waals surface area contributed by atoms with Crippen LogP contribution in [0.15, 0.2) is 17.8 Å². The molecule has 0 saturated heterocycles. The van der Waals surface area contributed by atoms with Crippen LogP contribution in [-0.4, -0.2) is 40.0 Å². The normalized spacial score (nSPS) is 22.3. The van der Waals surface area contributed by atoms with Crippen molar-refractivity contribution in [2.45, 2.75) is 40.5 Å². The van der Waals surface area contributed by atoms with Gasteiger partial charge in [-0.3, -0.25) is 14.3 Å². The second-order valence-electron chi connectivity index (χ2n) is 7.99. The van der Waals surface area contributed by atoms with Crippen molar-refractivity contribution in [2.24, 2.45) is 17.9 Å². The van der Waals surface area contributed by atoms with Crippen LogP contribution in [0.2, 0.25) is 0 Å². The molecule has 0 N–H and O–H groups in total. The fourth-order valence-corrected chi connectivity index (χ4v) is 3.72. The average molecular weight is 342 g/mol. The van der Waals surface area contributed by atoms with Gasteiger partial charge in [0, 0.05) is 26.1 Å². The summed E-state index contributed by atoms with van der Waals surface area (Å²) in [7, 11) is 3.53. The first-order valence-corrected chi connectivity index (χ1v) is 8.42. The number of nitrogens with zero attached hydrogens (tertiary/aromatic N) is 4. The minimum Gasteiger partial charge on any atom is -0.340 e. The zero-order valence-corrected chi connectivity index (χ0v) is 15.9. The molecule has 0 saturated carbocycles. The van der Waals surface area contributed by atoms with Crippen molar-refractivity contribution in [2.75, 3.05) is 13.6 Å². The third kappa shape index (κ3) is 3.65. The van der Waals surface area contributed by atoms with Gasteiger partial charge in [-0.05, 0) is 30.7 Å². The number of amides is 1. The number of nitriles is 1. The first-order chi connectivity index (χ1) is 11.5. The maximum Gasteiger partial charge on any atom is 0.272 e. The van der Waals surface area contributed by atoms with E-state index in [2.05, 4.69) is 5.10 Å². The minimum atomic E-state index is -0.560. The van der Waals surface area contributed by atoms with Gasteiger partial charge in [0.25, 0.3) is 5.91 Å². The van der Waals surface area contributed by atoms with Crippen LogP contribution in [0.4, 0.5) is 0 Å². The van der Waals surface area contributed by atoms with Crippen LogP contribution in [0.25, 0.3) is 0 Å². The Labute approximate surface area is 149 Å².